The predicted octanol–water partition coefficient (Wildman–Crippen LogP) is 5.86. The zero-order chi connectivity index (χ0) is 27.7. The highest BCUT2D eigenvalue weighted by molar-refractivity contribution is 7.85. The Morgan fingerprint density at radius 1 is 1.15 bits per heavy atom. The van der Waals surface area contributed by atoms with Gasteiger partial charge in [-0.2, -0.15) is 4.98 Å². The van der Waals surface area contributed by atoms with Crippen molar-refractivity contribution in [2.24, 2.45) is 0 Å². The lowest BCUT2D eigenvalue weighted by molar-refractivity contribution is -0.121. The summed E-state index contributed by atoms with van der Waals surface area (Å²) in [6.45, 7) is 4.30. The van der Waals surface area contributed by atoms with Crippen molar-refractivity contribution in [3.05, 3.63) is 59.0 Å². The number of methoxy groups -OCH3 is 1. The molecule has 0 saturated carbocycles. The highest BCUT2D eigenvalue weighted by atomic mass is 32.2. The van der Waals surface area contributed by atoms with Crippen LogP contribution >= 0.6 is 11.3 Å². The minimum atomic E-state index is -1.16. The Hall–Kier alpha value is -3.34. The average Bonchev–Trinajstić information content (AvgIpc) is 3.54. The van der Waals surface area contributed by atoms with Crippen LogP contribution in [0, 0.1) is 0 Å². The number of Topliss-reactive ketones (excluding diaryl/α,β-unsaturated/α-hetero) is 1. The fraction of sp³-hybridized carbons (Fsp3) is 0.345. The first-order chi connectivity index (χ1) is 18.7. The van der Waals surface area contributed by atoms with Gasteiger partial charge in [0.1, 0.15) is 5.75 Å². The summed E-state index contributed by atoms with van der Waals surface area (Å²) < 4.78 is 19.6. The predicted molar refractivity (Wildman–Crippen MR) is 160 cm³/mol. The largest absolute Gasteiger partial charge is 0.495 e. The first-order valence-corrected chi connectivity index (χ1v) is 15.0. The first-order valence-electron chi connectivity index (χ1n) is 12.9. The van der Waals surface area contributed by atoms with E-state index in [1.807, 2.05) is 80.7 Å². The van der Waals surface area contributed by atoms with Gasteiger partial charge in [0.15, 0.2) is 11.6 Å². The normalized spacial score (nSPS) is 15.5. The number of carbonyl (C=O) groups excluding carboxylic acids is 1. The Labute approximate surface area is 235 Å². The van der Waals surface area contributed by atoms with Crippen molar-refractivity contribution < 1.29 is 13.7 Å². The molecule has 2 aromatic heterocycles. The number of nitrogens with one attached hydrogen (secondary N) is 2. The Bertz CT molecular complexity index is 1550. The average molecular weight is 564 g/mol. The second kappa shape index (κ2) is 11.4. The van der Waals surface area contributed by atoms with E-state index >= 15 is 0 Å². The van der Waals surface area contributed by atoms with E-state index in [0.717, 1.165) is 44.8 Å². The molecule has 0 fully saturated rings. The van der Waals surface area contributed by atoms with E-state index in [0.29, 0.717) is 29.7 Å². The van der Waals surface area contributed by atoms with E-state index in [2.05, 4.69) is 10.6 Å². The maximum atomic E-state index is 13.0. The monoisotopic (exact) mass is 563 g/mol. The number of ketones is 1. The molecule has 4 aromatic rings. The summed E-state index contributed by atoms with van der Waals surface area (Å²) >= 11 is 1.54. The van der Waals surface area contributed by atoms with Crippen LogP contribution in [0.15, 0.2) is 52.7 Å². The number of carbonyl (C=O) groups is 1. The van der Waals surface area contributed by atoms with Gasteiger partial charge >= 0.3 is 0 Å². The van der Waals surface area contributed by atoms with Crippen LogP contribution in [0.1, 0.15) is 37.3 Å². The van der Waals surface area contributed by atoms with Crippen molar-refractivity contribution in [1.82, 2.24) is 14.9 Å². The molecular weight excluding hydrogens is 530 g/mol. The lowest BCUT2D eigenvalue weighted by Crippen LogP contribution is -2.25. The van der Waals surface area contributed by atoms with E-state index in [1.54, 1.807) is 18.4 Å². The van der Waals surface area contributed by atoms with E-state index in [-0.39, 0.29) is 17.0 Å². The molecule has 39 heavy (non-hydrogen) atoms. The smallest absolute Gasteiger partial charge is 0.229 e. The maximum absolute atomic E-state index is 13.0. The number of nitrogens with zero attached hydrogens (tertiary/aromatic N) is 3. The molecule has 5 rings (SSSR count). The van der Waals surface area contributed by atoms with Crippen LogP contribution in [0.2, 0.25) is 0 Å². The van der Waals surface area contributed by atoms with Crippen LogP contribution in [0.4, 0.5) is 23.1 Å². The number of hydrogen-bond acceptors (Lipinski definition) is 9. The Morgan fingerprint density at radius 2 is 1.95 bits per heavy atom. The third-order valence-corrected chi connectivity index (χ3v) is 9.29. The summed E-state index contributed by atoms with van der Waals surface area (Å²) in [5, 5.41) is 8.73. The minimum absolute atomic E-state index is 0.0157. The van der Waals surface area contributed by atoms with Crippen LogP contribution in [0.5, 0.6) is 5.75 Å². The second-order valence-corrected chi connectivity index (χ2v) is 13.1. The number of benzene rings is 2. The fourth-order valence-electron chi connectivity index (χ4n) is 4.91. The fourth-order valence-corrected chi connectivity index (χ4v) is 6.74. The molecule has 204 valence electrons. The van der Waals surface area contributed by atoms with E-state index in [1.165, 1.54) is 0 Å². The molecule has 2 unspecified atom stereocenters. The number of thiophene rings is 1. The zero-order valence-corrected chi connectivity index (χ0v) is 24.4. The topological polar surface area (TPSA) is 96.5 Å². The summed E-state index contributed by atoms with van der Waals surface area (Å²) in [6, 6.07) is 13.6. The van der Waals surface area contributed by atoms with Crippen LogP contribution < -0.4 is 15.4 Å². The Kier molecular flexibility index (Phi) is 7.97. The highest BCUT2D eigenvalue weighted by Gasteiger charge is 2.30. The summed E-state index contributed by atoms with van der Waals surface area (Å²) in [7, 11) is 4.30. The van der Waals surface area contributed by atoms with Crippen LogP contribution in [0.3, 0.4) is 0 Å². The van der Waals surface area contributed by atoms with Crippen molar-refractivity contribution in [3.63, 3.8) is 0 Å². The highest BCUT2D eigenvalue weighted by Crippen LogP contribution is 2.41. The zero-order valence-electron chi connectivity index (χ0n) is 22.8. The summed E-state index contributed by atoms with van der Waals surface area (Å²) in [4.78, 5) is 25.2. The standard InChI is InChI=1S/C29H33N5O3S2/c1-17(2)39(36)26-9-7-6-8-21(26)30-28-27-22(12-13-38-27)31-29(33-28)32-23-15-20-18(14-25(23)37-5)10-11-19(20)24(35)16-34(3)4/h6-9,12-15,17,19H,10-11,16H2,1-5H3,(H2,30,31,32,33). The quantitative estimate of drug-likeness (QED) is 0.248. The number of likely N-dealkylation sites (N-methyl/N-ethyl adjacent to an activating group) is 1. The molecule has 0 aliphatic heterocycles. The number of ether oxygens (including phenoxy) is 1. The molecule has 2 heterocycles. The van der Waals surface area contributed by atoms with Gasteiger partial charge in [-0.05, 0) is 73.8 Å². The summed E-state index contributed by atoms with van der Waals surface area (Å²) in [5.41, 5.74) is 4.43. The minimum Gasteiger partial charge on any atom is -0.495 e. The van der Waals surface area contributed by atoms with Gasteiger partial charge in [-0.3, -0.25) is 9.00 Å². The van der Waals surface area contributed by atoms with E-state index in [9.17, 15) is 9.00 Å². The second-order valence-electron chi connectivity index (χ2n) is 10.2. The van der Waals surface area contributed by atoms with Crippen LogP contribution in [0.25, 0.3) is 10.2 Å². The number of hydrogen-bond donors (Lipinski definition) is 2. The van der Waals surface area contributed by atoms with Crippen LogP contribution in [-0.2, 0) is 22.0 Å². The van der Waals surface area contributed by atoms with E-state index in [4.69, 9.17) is 14.7 Å². The van der Waals surface area contributed by atoms with Gasteiger partial charge in [0.05, 0.1) is 50.9 Å². The SMILES string of the molecule is COc1cc2c(cc1Nc1nc(Nc3ccccc3S(=O)C(C)C)c3sccc3n1)C(C(=O)CN(C)C)CC2. The molecule has 2 atom stereocenters. The Morgan fingerprint density at radius 3 is 2.69 bits per heavy atom. The molecule has 0 amide bonds. The van der Waals surface area contributed by atoms with Gasteiger partial charge < -0.3 is 20.3 Å². The molecule has 10 heteroatoms. The van der Waals surface area contributed by atoms with Crippen molar-refractivity contribution in [3.8, 4) is 5.75 Å². The van der Waals surface area contributed by atoms with Gasteiger partial charge in [-0.25, -0.2) is 4.98 Å². The molecule has 1 aliphatic rings. The molecule has 0 spiro atoms. The molecule has 0 radical (unpaired) electrons. The van der Waals surface area contributed by atoms with Crippen molar-refractivity contribution in [2.45, 2.75) is 42.8 Å². The molecule has 2 N–H and O–H groups in total. The molecule has 8 nitrogen and oxygen atoms in total. The van der Waals surface area contributed by atoms with Gasteiger partial charge in [-0.1, -0.05) is 26.0 Å². The van der Waals surface area contributed by atoms with Gasteiger partial charge in [0, 0.05) is 11.2 Å². The first kappa shape index (κ1) is 27.2. The molecule has 0 saturated heterocycles. The molecule has 0 bridgehead atoms. The lowest BCUT2D eigenvalue weighted by Gasteiger charge is -2.18. The van der Waals surface area contributed by atoms with Crippen molar-refractivity contribution in [1.29, 1.82) is 0 Å². The van der Waals surface area contributed by atoms with Crippen molar-refractivity contribution in [2.75, 3.05) is 38.4 Å². The van der Waals surface area contributed by atoms with Gasteiger partial charge in [0.2, 0.25) is 5.95 Å². The van der Waals surface area contributed by atoms with Gasteiger partial charge in [-0.15, -0.1) is 11.3 Å². The summed E-state index contributed by atoms with van der Waals surface area (Å²) in [6.07, 6.45) is 1.65. The third kappa shape index (κ3) is 5.68. The lowest BCUT2D eigenvalue weighted by atomic mass is 9.95. The van der Waals surface area contributed by atoms with Crippen molar-refractivity contribution >= 4 is 61.3 Å². The molecule has 1 aliphatic carbocycles. The Balaban J connectivity index is 1.51. The number of para-hydroxylation sites is 1. The molecular formula is C29H33N5O3S2. The summed E-state index contributed by atoms with van der Waals surface area (Å²) in [5.74, 6) is 1.79. The van der Waals surface area contributed by atoms with Gasteiger partial charge in [0.25, 0.3) is 0 Å². The van der Waals surface area contributed by atoms with E-state index < -0.39 is 10.8 Å². The number of aryl methyl sites for hydroxylation is 1. The maximum Gasteiger partial charge on any atom is 0.229 e. The number of fused-ring (bicyclic) bond motifs is 2. The third-order valence-electron chi connectivity index (χ3n) is 6.73. The number of aromatic nitrogens is 2. The number of anilines is 4. The van der Waals surface area contributed by atoms with Crippen LogP contribution in [-0.4, -0.2) is 57.9 Å². The molecule has 2 aromatic carbocycles. The number of rotatable bonds is 10.